The zero-order valence-electron chi connectivity index (χ0n) is 10.7. The Morgan fingerprint density at radius 3 is 2.56 bits per heavy atom. The molecule has 1 unspecified atom stereocenters. The van der Waals surface area contributed by atoms with Crippen molar-refractivity contribution in [3.05, 3.63) is 24.0 Å². The zero-order chi connectivity index (χ0) is 13.8. The van der Waals surface area contributed by atoms with Gasteiger partial charge in [0, 0.05) is 6.20 Å². The van der Waals surface area contributed by atoms with Crippen LogP contribution in [0.2, 0.25) is 0 Å². The van der Waals surface area contributed by atoms with Crippen LogP contribution in [0, 0.1) is 11.3 Å². The maximum absolute atomic E-state index is 11.9. The predicted octanol–water partition coefficient (Wildman–Crippen LogP) is 0.840. The first-order valence-electron chi connectivity index (χ1n) is 5.59. The van der Waals surface area contributed by atoms with Gasteiger partial charge in [-0.25, -0.2) is 0 Å². The first-order valence-corrected chi connectivity index (χ1v) is 5.59. The van der Waals surface area contributed by atoms with Crippen LogP contribution in [0.3, 0.4) is 0 Å². The monoisotopic (exact) mass is 251 g/mol. The van der Waals surface area contributed by atoms with Gasteiger partial charge in [-0.1, -0.05) is 20.8 Å². The van der Waals surface area contributed by atoms with Crippen molar-refractivity contribution in [1.29, 1.82) is 0 Å². The van der Waals surface area contributed by atoms with Crippen molar-refractivity contribution >= 4 is 11.9 Å². The second kappa shape index (κ2) is 5.57. The van der Waals surface area contributed by atoms with E-state index >= 15 is 0 Å². The van der Waals surface area contributed by atoms with Crippen LogP contribution >= 0.6 is 0 Å². The molecule has 0 radical (unpaired) electrons. The van der Waals surface area contributed by atoms with Gasteiger partial charge in [0.15, 0.2) is 0 Å². The molecule has 18 heavy (non-hydrogen) atoms. The largest absolute Gasteiger partial charge is 0.481 e. The smallest absolute Gasteiger partial charge is 0.316 e. The number of carbonyl (C=O) groups is 2. The number of hydrogen-bond donors (Lipinski definition) is 2. The summed E-state index contributed by atoms with van der Waals surface area (Å²) in [5.41, 5.74) is -0.0536. The van der Waals surface area contributed by atoms with Gasteiger partial charge < -0.3 is 10.4 Å². The highest BCUT2D eigenvalue weighted by molar-refractivity contribution is 5.97. The van der Waals surface area contributed by atoms with Gasteiger partial charge in [0.2, 0.25) is 5.91 Å². The Labute approximate surface area is 105 Å². The number of rotatable bonds is 4. The van der Waals surface area contributed by atoms with Crippen molar-refractivity contribution in [2.24, 2.45) is 11.3 Å². The number of amides is 1. The number of hydrogen-bond acceptors (Lipinski definition) is 4. The highest BCUT2D eigenvalue weighted by Gasteiger charge is 2.37. The number of carboxylic acids is 1. The summed E-state index contributed by atoms with van der Waals surface area (Å²) in [6, 6.07) is 3.41. The summed E-state index contributed by atoms with van der Waals surface area (Å²) in [6.45, 7) is 5.32. The minimum absolute atomic E-state index is 0.173. The van der Waals surface area contributed by atoms with E-state index in [1.165, 1.54) is 6.20 Å². The fraction of sp³-hybridized carbons (Fsp3) is 0.500. The van der Waals surface area contributed by atoms with Gasteiger partial charge in [-0.2, -0.15) is 10.2 Å². The number of nitrogens with zero attached hydrogens (tertiary/aromatic N) is 2. The molecule has 0 aliphatic heterocycles. The van der Waals surface area contributed by atoms with Gasteiger partial charge in [0.05, 0.1) is 12.2 Å². The van der Waals surface area contributed by atoms with Crippen molar-refractivity contribution in [3.8, 4) is 0 Å². The summed E-state index contributed by atoms with van der Waals surface area (Å²) >= 11 is 0. The molecule has 1 amide bonds. The maximum Gasteiger partial charge on any atom is 0.316 e. The molecule has 6 heteroatoms. The molecule has 6 nitrogen and oxygen atoms in total. The maximum atomic E-state index is 11.9. The van der Waals surface area contributed by atoms with Crippen LogP contribution < -0.4 is 5.32 Å². The highest BCUT2D eigenvalue weighted by atomic mass is 16.4. The summed E-state index contributed by atoms with van der Waals surface area (Å²) < 4.78 is 0. The molecule has 0 aromatic carbocycles. The Balaban J connectivity index is 2.67. The van der Waals surface area contributed by atoms with Crippen molar-refractivity contribution in [2.75, 3.05) is 0 Å². The molecule has 2 N–H and O–H groups in total. The third kappa shape index (κ3) is 3.80. The Kier molecular flexibility index (Phi) is 4.36. The van der Waals surface area contributed by atoms with Crippen LogP contribution in [0.15, 0.2) is 18.3 Å². The third-order valence-electron chi connectivity index (χ3n) is 2.45. The second-order valence-corrected chi connectivity index (χ2v) is 5.07. The standard InChI is InChI=1S/C12H17N3O3/c1-12(2,3)9(11(17)18)10(16)13-7-8-5-4-6-14-15-8/h4-6,9H,7H2,1-3H3,(H,13,16)(H,17,18). The van der Waals surface area contributed by atoms with E-state index in [4.69, 9.17) is 5.11 Å². The fourth-order valence-electron chi connectivity index (χ4n) is 1.58. The van der Waals surface area contributed by atoms with Crippen LogP contribution in [-0.2, 0) is 16.1 Å². The Bertz CT molecular complexity index is 426. The molecular weight excluding hydrogens is 234 g/mol. The molecule has 0 fully saturated rings. The summed E-state index contributed by atoms with van der Waals surface area (Å²) in [6.07, 6.45) is 1.53. The van der Waals surface area contributed by atoms with Crippen molar-refractivity contribution in [2.45, 2.75) is 27.3 Å². The molecule has 0 saturated heterocycles. The lowest BCUT2D eigenvalue weighted by Gasteiger charge is -2.25. The minimum Gasteiger partial charge on any atom is -0.481 e. The molecule has 0 aliphatic carbocycles. The van der Waals surface area contributed by atoms with E-state index in [1.54, 1.807) is 32.9 Å². The molecule has 0 bridgehead atoms. The van der Waals surface area contributed by atoms with Crippen LogP contribution in [-0.4, -0.2) is 27.2 Å². The SMILES string of the molecule is CC(C)(C)C(C(=O)O)C(=O)NCc1cccnn1. The van der Waals surface area contributed by atoms with E-state index in [0.717, 1.165) is 0 Å². The van der Waals surface area contributed by atoms with Crippen LogP contribution in [0.5, 0.6) is 0 Å². The molecule has 0 aliphatic rings. The molecule has 1 aromatic rings. The molecule has 1 atom stereocenters. The number of nitrogens with one attached hydrogen (secondary N) is 1. The van der Waals surface area contributed by atoms with Crippen LogP contribution in [0.25, 0.3) is 0 Å². The molecule has 0 saturated carbocycles. The molecular formula is C12H17N3O3. The summed E-state index contributed by atoms with van der Waals surface area (Å²) in [4.78, 5) is 23.0. The zero-order valence-corrected chi connectivity index (χ0v) is 10.7. The average Bonchev–Trinajstić information content (AvgIpc) is 2.25. The molecule has 1 aromatic heterocycles. The average molecular weight is 251 g/mol. The fourth-order valence-corrected chi connectivity index (χ4v) is 1.58. The lowest BCUT2D eigenvalue weighted by molar-refractivity contribution is -0.151. The Morgan fingerprint density at radius 2 is 2.11 bits per heavy atom. The lowest BCUT2D eigenvalue weighted by atomic mass is 9.80. The van der Waals surface area contributed by atoms with E-state index in [-0.39, 0.29) is 6.54 Å². The van der Waals surface area contributed by atoms with Crippen molar-refractivity contribution < 1.29 is 14.7 Å². The van der Waals surface area contributed by atoms with Gasteiger partial charge >= 0.3 is 5.97 Å². The topological polar surface area (TPSA) is 92.2 Å². The first kappa shape index (κ1) is 14.1. The molecule has 0 spiro atoms. The summed E-state index contributed by atoms with van der Waals surface area (Å²) in [5.74, 6) is -2.73. The van der Waals surface area contributed by atoms with E-state index in [0.29, 0.717) is 5.69 Å². The van der Waals surface area contributed by atoms with Gasteiger partial charge in [0.25, 0.3) is 0 Å². The van der Waals surface area contributed by atoms with Gasteiger partial charge in [-0.3, -0.25) is 9.59 Å². The first-order chi connectivity index (χ1) is 8.32. The van der Waals surface area contributed by atoms with Gasteiger partial charge in [0.1, 0.15) is 5.92 Å². The third-order valence-corrected chi connectivity index (χ3v) is 2.45. The predicted molar refractivity (Wildman–Crippen MR) is 64.5 cm³/mol. The number of aliphatic carboxylic acids is 1. The van der Waals surface area contributed by atoms with Crippen LogP contribution in [0.4, 0.5) is 0 Å². The summed E-state index contributed by atoms with van der Waals surface area (Å²) in [7, 11) is 0. The Morgan fingerprint density at radius 1 is 1.44 bits per heavy atom. The molecule has 1 heterocycles. The number of carboxylic acid groups (broad SMARTS) is 1. The van der Waals surface area contributed by atoms with Gasteiger partial charge in [-0.05, 0) is 17.5 Å². The highest BCUT2D eigenvalue weighted by Crippen LogP contribution is 2.26. The van der Waals surface area contributed by atoms with E-state index in [1.807, 2.05) is 0 Å². The van der Waals surface area contributed by atoms with E-state index in [9.17, 15) is 9.59 Å². The van der Waals surface area contributed by atoms with Crippen LogP contribution in [0.1, 0.15) is 26.5 Å². The van der Waals surface area contributed by atoms with Crippen molar-refractivity contribution in [3.63, 3.8) is 0 Å². The minimum atomic E-state index is -1.13. The normalized spacial score (nSPS) is 12.8. The lowest BCUT2D eigenvalue weighted by Crippen LogP contribution is -2.42. The molecule has 1 rings (SSSR count). The van der Waals surface area contributed by atoms with Crippen molar-refractivity contribution in [1.82, 2.24) is 15.5 Å². The van der Waals surface area contributed by atoms with E-state index < -0.39 is 23.2 Å². The Hall–Kier alpha value is -1.98. The quantitative estimate of drug-likeness (QED) is 0.773. The van der Waals surface area contributed by atoms with Gasteiger partial charge in [-0.15, -0.1) is 0 Å². The summed E-state index contributed by atoms with van der Waals surface area (Å²) in [5, 5.41) is 19.1. The van der Waals surface area contributed by atoms with E-state index in [2.05, 4.69) is 15.5 Å². The second-order valence-electron chi connectivity index (χ2n) is 5.07. The molecule has 98 valence electrons. The number of carbonyl (C=O) groups excluding carboxylic acids is 1. The number of aromatic nitrogens is 2.